The third-order valence-electron chi connectivity index (χ3n) is 7.34. The number of furan rings is 1. The van der Waals surface area contributed by atoms with Crippen molar-refractivity contribution in [2.75, 3.05) is 0 Å². The van der Waals surface area contributed by atoms with E-state index in [9.17, 15) is 0 Å². The van der Waals surface area contributed by atoms with Crippen LogP contribution in [0.4, 0.5) is 5.69 Å². The Balaban J connectivity index is 1.93. The van der Waals surface area contributed by atoms with E-state index in [0.717, 1.165) is 49.9 Å². The molecule has 0 amide bonds. The van der Waals surface area contributed by atoms with Crippen molar-refractivity contribution in [2.45, 2.75) is 47.5 Å². The summed E-state index contributed by atoms with van der Waals surface area (Å²) in [5.74, 6) is 0.460. The Kier molecular flexibility index (Phi) is 5.49. The SMILES string of the molecule is [C-]#[N+]c1c(C)cc2c(oc3c(-c4cc(C)c(C(C)C)c(C)[n+]4C)c(C)ccc32)c1-c1ccccc1. The van der Waals surface area contributed by atoms with Crippen molar-refractivity contribution < 1.29 is 8.98 Å². The van der Waals surface area contributed by atoms with Crippen molar-refractivity contribution in [3.63, 3.8) is 0 Å². The van der Waals surface area contributed by atoms with Crippen LogP contribution in [0, 0.1) is 34.3 Å². The summed E-state index contributed by atoms with van der Waals surface area (Å²) < 4.78 is 9.05. The second-order valence-corrected chi connectivity index (χ2v) is 9.93. The Morgan fingerprint density at radius 3 is 2.14 bits per heavy atom. The van der Waals surface area contributed by atoms with E-state index in [4.69, 9.17) is 11.0 Å². The van der Waals surface area contributed by atoms with Gasteiger partial charge in [-0.1, -0.05) is 62.4 Å². The van der Waals surface area contributed by atoms with Gasteiger partial charge in [-0.05, 0) is 48.9 Å². The van der Waals surface area contributed by atoms with E-state index in [2.05, 4.69) is 87.5 Å². The van der Waals surface area contributed by atoms with Crippen LogP contribution in [0.15, 0.2) is 59.0 Å². The van der Waals surface area contributed by atoms with Gasteiger partial charge in [0.15, 0.2) is 5.69 Å². The summed E-state index contributed by atoms with van der Waals surface area (Å²) in [6, 6.07) is 18.9. The fourth-order valence-electron chi connectivity index (χ4n) is 5.67. The highest BCUT2D eigenvalue weighted by Gasteiger charge is 2.27. The molecule has 0 aliphatic heterocycles. The lowest BCUT2D eigenvalue weighted by atomic mass is 9.92. The molecule has 174 valence electrons. The van der Waals surface area contributed by atoms with Crippen LogP contribution in [-0.2, 0) is 7.05 Å². The zero-order valence-electron chi connectivity index (χ0n) is 21.6. The highest BCUT2D eigenvalue weighted by Crippen LogP contribution is 2.46. The molecule has 0 spiro atoms. The Morgan fingerprint density at radius 1 is 0.800 bits per heavy atom. The number of pyridine rings is 1. The fraction of sp³-hybridized carbons (Fsp3) is 0.250. The first-order valence-electron chi connectivity index (χ1n) is 12.2. The average molecular weight is 460 g/mol. The number of rotatable bonds is 3. The van der Waals surface area contributed by atoms with Gasteiger partial charge in [0.25, 0.3) is 0 Å². The third kappa shape index (κ3) is 3.44. The van der Waals surface area contributed by atoms with Gasteiger partial charge in [0.05, 0.1) is 12.1 Å². The molecule has 5 rings (SSSR count). The number of aryl methyl sites for hydroxylation is 3. The molecule has 0 N–H and O–H groups in total. The molecule has 3 aromatic carbocycles. The molecule has 0 atom stereocenters. The van der Waals surface area contributed by atoms with Crippen molar-refractivity contribution in [3.8, 4) is 22.4 Å². The first kappa shape index (κ1) is 22.9. The van der Waals surface area contributed by atoms with Crippen LogP contribution in [0.1, 0.15) is 47.7 Å². The van der Waals surface area contributed by atoms with Gasteiger partial charge in [0.2, 0.25) is 11.4 Å². The fourth-order valence-corrected chi connectivity index (χ4v) is 5.67. The largest absolute Gasteiger partial charge is 0.456 e. The van der Waals surface area contributed by atoms with Gasteiger partial charge >= 0.3 is 0 Å². The normalized spacial score (nSPS) is 11.5. The summed E-state index contributed by atoms with van der Waals surface area (Å²) >= 11 is 0. The maximum atomic E-state index is 7.91. The molecule has 35 heavy (non-hydrogen) atoms. The van der Waals surface area contributed by atoms with Gasteiger partial charge in [-0.2, -0.15) is 4.57 Å². The van der Waals surface area contributed by atoms with Gasteiger partial charge in [-0.3, -0.25) is 0 Å². The smallest absolute Gasteiger partial charge is 0.216 e. The molecule has 0 saturated carbocycles. The molecule has 0 aliphatic carbocycles. The predicted octanol–water partition coefficient (Wildman–Crippen LogP) is 8.65. The molecule has 2 heterocycles. The van der Waals surface area contributed by atoms with Crippen molar-refractivity contribution in [3.05, 3.63) is 94.0 Å². The summed E-state index contributed by atoms with van der Waals surface area (Å²) in [7, 11) is 2.15. The number of hydrogen-bond acceptors (Lipinski definition) is 1. The van der Waals surface area contributed by atoms with Gasteiger partial charge in [0.1, 0.15) is 18.2 Å². The monoisotopic (exact) mass is 459 g/mol. The Bertz CT molecular complexity index is 1660. The van der Waals surface area contributed by atoms with Crippen molar-refractivity contribution >= 4 is 27.6 Å². The lowest BCUT2D eigenvalue weighted by molar-refractivity contribution is -0.667. The first-order valence-corrected chi connectivity index (χ1v) is 12.2. The van der Waals surface area contributed by atoms with Crippen LogP contribution >= 0.6 is 0 Å². The molecule has 0 unspecified atom stereocenters. The van der Waals surface area contributed by atoms with Gasteiger partial charge < -0.3 is 4.42 Å². The number of aromatic nitrogens is 1. The zero-order valence-corrected chi connectivity index (χ0v) is 21.6. The number of benzene rings is 3. The molecule has 2 aromatic heterocycles. The number of nitrogens with zero attached hydrogens (tertiary/aromatic N) is 2. The molecule has 0 fully saturated rings. The van der Waals surface area contributed by atoms with E-state index < -0.39 is 0 Å². The topological polar surface area (TPSA) is 21.4 Å². The molecule has 3 nitrogen and oxygen atoms in total. The van der Waals surface area contributed by atoms with Crippen molar-refractivity contribution in [1.82, 2.24) is 0 Å². The summed E-state index contributed by atoms with van der Waals surface area (Å²) in [6.45, 7) is 21.0. The Morgan fingerprint density at radius 2 is 1.49 bits per heavy atom. The minimum absolute atomic E-state index is 0.460. The van der Waals surface area contributed by atoms with Gasteiger partial charge in [-0.15, -0.1) is 0 Å². The van der Waals surface area contributed by atoms with E-state index in [1.807, 2.05) is 25.1 Å². The summed E-state index contributed by atoms with van der Waals surface area (Å²) in [4.78, 5) is 3.91. The molecule has 5 aromatic rings. The maximum Gasteiger partial charge on any atom is 0.216 e. The zero-order chi connectivity index (χ0) is 25.0. The van der Waals surface area contributed by atoms with Crippen LogP contribution in [0.25, 0.3) is 49.2 Å². The Hall–Kier alpha value is -3.90. The highest BCUT2D eigenvalue weighted by atomic mass is 16.3. The van der Waals surface area contributed by atoms with Gasteiger partial charge in [-0.25, -0.2) is 4.85 Å². The minimum Gasteiger partial charge on any atom is -0.456 e. The highest BCUT2D eigenvalue weighted by molar-refractivity contribution is 6.15. The van der Waals surface area contributed by atoms with Crippen LogP contribution in [-0.4, -0.2) is 0 Å². The van der Waals surface area contributed by atoms with E-state index in [1.54, 1.807) is 0 Å². The van der Waals surface area contributed by atoms with E-state index in [1.165, 1.54) is 22.4 Å². The lowest BCUT2D eigenvalue weighted by Gasteiger charge is -2.15. The second kappa shape index (κ2) is 8.40. The molecule has 0 radical (unpaired) electrons. The van der Waals surface area contributed by atoms with Crippen LogP contribution in [0.5, 0.6) is 0 Å². The van der Waals surface area contributed by atoms with Crippen LogP contribution in [0.3, 0.4) is 0 Å². The van der Waals surface area contributed by atoms with E-state index in [0.29, 0.717) is 11.6 Å². The Labute approximate surface area is 207 Å². The minimum atomic E-state index is 0.460. The summed E-state index contributed by atoms with van der Waals surface area (Å²) in [6.07, 6.45) is 0. The third-order valence-corrected chi connectivity index (χ3v) is 7.34. The maximum absolute atomic E-state index is 7.91. The van der Waals surface area contributed by atoms with E-state index >= 15 is 0 Å². The molecule has 0 bridgehead atoms. The van der Waals surface area contributed by atoms with Gasteiger partial charge in [0, 0.05) is 34.9 Å². The van der Waals surface area contributed by atoms with Crippen LogP contribution in [0.2, 0.25) is 0 Å². The van der Waals surface area contributed by atoms with Crippen molar-refractivity contribution in [1.29, 1.82) is 0 Å². The van der Waals surface area contributed by atoms with Crippen LogP contribution < -0.4 is 4.57 Å². The average Bonchev–Trinajstić information content (AvgIpc) is 3.19. The number of fused-ring (bicyclic) bond motifs is 3. The quantitative estimate of drug-likeness (QED) is 0.195. The number of hydrogen-bond donors (Lipinski definition) is 0. The standard InChI is InChI=1S/C32H31N2O/c1-18(2)27-20(4)17-26(34(8)22(27)6)28-19(3)14-15-24-25-16-21(5)30(33-7)29(32(25)35-31(24)28)23-12-10-9-11-13-23/h9-18H,1-6,8H3/q+1. The molecule has 0 saturated heterocycles. The lowest BCUT2D eigenvalue weighted by Crippen LogP contribution is -2.37. The predicted molar refractivity (Wildman–Crippen MR) is 145 cm³/mol. The summed E-state index contributed by atoms with van der Waals surface area (Å²) in [5, 5.41) is 2.14. The second-order valence-electron chi connectivity index (χ2n) is 9.93. The van der Waals surface area contributed by atoms with E-state index in [-0.39, 0.29) is 0 Å². The molecule has 3 heteroatoms. The molecular formula is C32H31N2O+. The summed E-state index contributed by atoms with van der Waals surface area (Å²) in [5.41, 5.74) is 12.6. The molecular weight excluding hydrogens is 428 g/mol. The molecule has 0 aliphatic rings. The first-order chi connectivity index (χ1) is 16.7. The van der Waals surface area contributed by atoms with Crippen molar-refractivity contribution in [2.24, 2.45) is 7.05 Å².